The third-order valence-corrected chi connectivity index (χ3v) is 4.54. The van der Waals surface area contributed by atoms with E-state index in [0.29, 0.717) is 0 Å². The lowest BCUT2D eigenvalue weighted by molar-refractivity contribution is -0.156. The maximum atomic E-state index is 12.3. The zero-order valence-corrected chi connectivity index (χ0v) is 11.0. The molecule has 2 amide bonds. The normalized spacial score (nSPS) is 34.7. The van der Waals surface area contributed by atoms with Crippen molar-refractivity contribution in [1.29, 1.82) is 0 Å². The lowest BCUT2D eigenvalue weighted by Gasteiger charge is -2.37. The zero-order valence-electron chi connectivity index (χ0n) is 11.0. The summed E-state index contributed by atoms with van der Waals surface area (Å²) in [7, 11) is 1.60. The van der Waals surface area contributed by atoms with Gasteiger partial charge in [-0.1, -0.05) is 18.2 Å². The molecule has 2 fully saturated rings. The summed E-state index contributed by atoms with van der Waals surface area (Å²) in [4.78, 5) is 27.4. The minimum absolute atomic E-state index is 0.0727. The van der Waals surface area contributed by atoms with E-state index in [-0.39, 0.29) is 30.4 Å². The van der Waals surface area contributed by atoms with Crippen molar-refractivity contribution in [2.75, 3.05) is 18.9 Å². The Morgan fingerprint density at radius 1 is 1.30 bits per heavy atom. The Bertz CT molecular complexity index is 617. The number of anilines is 1. The van der Waals surface area contributed by atoms with Gasteiger partial charge in [0, 0.05) is 12.7 Å². The quantitative estimate of drug-likeness (QED) is 0.672. The van der Waals surface area contributed by atoms with Crippen molar-refractivity contribution in [3.05, 3.63) is 29.8 Å². The van der Waals surface area contributed by atoms with Crippen LogP contribution < -0.4 is 5.32 Å². The van der Waals surface area contributed by atoms with E-state index in [2.05, 4.69) is 5.32 Å². The minimum Gasteiger partial charge on any atom is -0.390 e. The average molecular weight is 273 g/mol. The summed E-state index contributed by atoms with van der Waals surface area (Å²) < 4.78 is 0. The summed E-state index contributed by atoms with van der Waals surface area (Å²) >= 11 is 0. The van der Waals surface area contributed by atoms with Crippen LogP contribution in [-0.4, -0.2) is 58.6 Å². The van der Waals surface area contributed by atoms with Crippen LogP contribution in [0.3, 0.4) is 0 Å². The number of piperazine rings is 1. The summed E-state index contributed by atoms with van der Waals surface area (Å²) in [6.45, 7) is 0.0727. The molecule has 0 spiro atoms. The number of amides is 2. The van der Waals surface area contributed by atoms with E-state index in [1.165, 1.54) is 9.80 Å². The van der Waals surface area contributed by atoms with Crippen LogP contribution in [0.15, 0.2) is 24.3 Å². The van der Waals surface area contributed by atoms with E-state index in [1.54, 1.807) is 7.05 Å². The molecule has 0 aliphatic carbocycles. The van der Waals surface area contributed by atoms with Gasteiger partial charge in [-0.25, -0.2) is 0 Å². The van der Waals surface area contributed by atoms with Crippen LogP contribution in [-0.2, 0) is 9.59 Å². The van der Waals surface area contributed by atoms with Gasteiger partial charge in [0.1, 0.15) is 12.2 Å². The molecule has 3 aliphatic rings. The Balaban J connectivity index is 1.81. The van der Waals surface area contributed by atoms with Gasteiger partial charge in [0.15, 0.2) is 0 Å². The largest absolute Gasteiger partial charge is 0.390 e. The van der Waals surface area contributed by atoms with E-state index in [4.69, 9.17) is 0 Å². The number of hydrogen-bond donors (Lipinski definition) is 2. The third kappa shape index (κ3) is 1.27. The second-order valence-corrected chi connectivity index (χ2v) is 5.63. The maximum Gasteiger partial charge on any atom is 0.248 e. The first-order valence-corrected chi connectivity index (χ1v) is 6.69. The second kappa shape index (κ2) is 3.73. The Kier molecular flexibility index (Phi) is 2.18. The number of aliphatic hydroxyl groups excluding tert-OH is 1. The molecule has 2 N–H and O–H groups in total. The summed E-state index contributed by atoms with van der Waals surface area (Å²) in [6, 6.07) is 6.92. The Morgan fingerprint density at radius 3 is 2.85 bits per heavy atom. The summed E-state index contributed by atoms with van der Waals surface area (Å²) in [5.74, 6) is -0.551. The molecular formula is C14H15N3O3. The van der Waals surface area contributed by atoms with E-state index in [0.717, 1.165) is 11.3 Å². The van der Waals surface area contributed by atoms with Crippen LogP contribution >= 0.6 is 0 Å². The van der Waals surface area contributed by atoms with Gasteiger partial charge >= 0.3 is 0 Å². The number of aliphatic hydroxyl groups is 1. The first-order chi connectivity index (χ1) is 9.59. The van der Waals surface area contributed by atoms with Gasteiger partial charge in [0.25, 0.3) is 0 Å². The molecule has 0 bridgehead atoms. The van der Waals surface area contributed by atoms with Crippen LogP contribution in [0.5, 0.6) is 0 Å². The topological polar surface area (TPSA) is 72.9 Å². The van der Waals surface area contributed by atoms with Crippen molar-refractivity contribution >= 4 is 17.5 Å². The summed E-state index contributed by atoms with van der Waals surface area (Å²) in [5, 5.41) is 13.8. The maximum absolute atomic E-state index is 12.3. The number of benzene rings is 1. The molecule has 0 saturated carbocycles. The van der Waals surface area contributed by atoms with E-state index in [9.17, 15) is 14.7 Å². The first kappa shape index (κ1) is 11.7. The Morgan fingerprint density at radius 2 is 2.05 bits per heavy atom. The van der Waals surface area contributed by atoms with Crippen molar-refractivity contribution < 1.29 is 14.7 Å². The number of carbonyl (C=O) groups is 2. The van der Waals surface area contributed by atoms with Crippen LogP contribution in [0.1, 0.15) is 11.5 Å². The zero-order chi connectivity index (χ0) is 14.0. The van der Waals surface area contributed by atoms with Crippen LogP contribution in [0.4, 0.5) is 5.69 Å². The highest BCUT2D eigenvalue weighted by molar-refractivity contribution is 5.97. The number of nitrogens with one attached hydrogen (secondary N) is 1. The van der Waals surface area contributed by atoms with Gasteiger partial charge in [-0.2, -0.15) is 0 Å². The molecule has 3 aliphatic heterocycles. The fraction of sp³-hybridized carbons (Fsp3) is 0.429. The Labute approximate surface area is 116 Å². The highest BCUT2D eigenvalue weighted by Crippen LogP contribution is 2.47. The van der Waals surface area contributed by atoms with Crippen LogP contribution in [0, 0.1) is 0 Å². The molecule has 20 heavy (non-hydrogen) atoms. The molecule has 2 saturated heterocycles. The predicted molar refractivity (Wildman–Crippen MR) is 70.9 cm³/mol. The summed E-state index contributed by atoms with van der Waals surface area (Å²) in [6.07, 6.45) is -1.19. The molecule has 6 nitrogen and oxygen atoms in total. The fourth-order valence-electron chi connectivity index (χ4n) is 3.65. The lowest BCUT2D eigenvalue weighted by Crippen LogP contribution is -2.61. The van der Waals surface area contributed by atoms with Gasteiger partial charge < -0.3 is 20.2 Å². The predicted octanol–water partition coefficient (Wildman–Crippen LogP) is -0.434. The molecule has 104 valence electrons. The molecule has 0 radical (unpaired) electrons. The van der Waals surface area contributed by atoms with Crippen LogP contribution in [0.2, 0.25) is 0 Å². The average Bonchev–Trinajstić information content (AvgIpc) is 2.92. The number of carbonyl (C=O) groups excluding carboxylic acids is 2. The number of nitrogens with zero attached hydrogens (tertiary/aromatic N) is 2. The highest BCUT2D eigenvalue weighted by Gasteiger charge is 2.59. The molecule has 1 aromatic rings. The van der Waals surface area contributed by atoms with Crippen LogP contribution in [0.25, 0.3) is 0 Å². The molecule has 1 unspecified atom stereocenters. The van der Waals surface area contributed by atoms with Crippen molar-refractivity contribution in [2.24, 2.45) is 0 Å². The molecule has 0 aromatic heterocycles. The van der Waals surface area contributed by atoms with E-state index < -0.39 is 12.1 Å². The van der Waals surface area contributed by atoms with E-state index in [1.807, 2.05) is 24.3 Å². The SMILES string of the molecule is CN1CC(=O)N2[C@H](C1=O)[C@@H](O)C1c3ccccc3N[C@@H]12. The van der Waals surface area contributed by atoms with Crippen molar-refractivity contribution in [2.45, 2.75) is 24.2 Å². The number of likely N-dealkylation sites (N-methyl/N-ethyl adjacent to an activating group) is 1. The van der Waals surface area contributed by atoms with Gasteiger partial charge in [-0.05, 0) is 11.6 Å². The van der Waals surface area contributed by atoms with Gasteiger partial charge in [-0.15, -0.1) is 0 Å². The van der Waals surface area contributed by atoms with Crippen molar-refractivity contribution in [1.82, 2.24) is 9.80 Å². The molecular weight excluding hydrogens is 258 g/mol. The number of hydrogen-bond acceptors (Lipinski definition) is 4. The fourth-order valence-corrected chi connectivity index (χ4v) is 3.65. The van der Waals surface area contributed by atoms with Gasteiger partial charge in [0.2, 0.25) is 11.8 Å². The van der Waals surface area contributed by atoms with E-state index >= 15 is 0 Å². The minimum atomic E-state index is -0.865. The van der Waals surface area contributed by atoms with Crippen molar-refractivity contribution in [3.8, 4) is 0 Å². The molecule has 3 heterocycles. The first-order valence-electron chi connectivity index (χ1n) is 6.69. The number of rotatable bonds is 0. The standard InChI is InChI=1S/C14H15N3O3/c1-16-6-9(18)17-11(14(16)20)12(19)10-7-4-2-3-5-8(7)15-13(10)17/h2-5,10-13,15,19H,6H2,1H3/t10?,11-,12-,13+/m0/s1. The van der Waals surface area contributed by atoms with Crippen molar-refractivity contribution in [3.63, 3.8) is 0 Å². The summed E-state index contributed by atoms with van der Waals surface area (Å²) in [5.41, 5.74) is 1.90. The molecule has 6 heteroatoms. The number of para-hydroxylation sites is 1. The number of fused-ring (bicyclic) bond motifs is 5. The third-order valence-electron chi connectivity index (χ3n) is 4.54. The van der Waals surface area contributed by atoms with Gasteiger partial charge in [0.05, 0.1) is 18.6 Å². The lowest BCUT2D eigenvalue weighted by atomic mass is 9.93. The molecule has 4 atom stereocenters. The smallest absolute Gasteiger partial charge is 0.248 e. The second-order valence-electron chi connectivity index (χ2n) is 5.63. The molecule has 4 rings (SSSR count). The Hall–Kier alpha value is -2.08. The van der Waals surface area contributed by atoms with Gasteiger partial charge in [-0.3, -0.25) is 9.59 Å². The molecule has 1 aromatic carbocycles. The monoisotopic (exact) mass is 273 g/mol. The highest BCUT2D eigenvalue weighted by atomic mass is 16.3.